The molecule has 1 aromatic rings. The minimum Gasteiger partial charge on any atom is -0.342 e. The van der Waals surface area contributed by atoms with Crippen molar-refractivity contribution in [1.82, 2.24) is 0 Å². The van der Waals surface area contributed by atoms with Gasteiger partial charge in [-0.2, -0.15) is 8.42 Å². The monoisotopic (exact) mass is 550 g/mol. The number of hydrogen-bond acceptors (Lipinski definition) is 4. The fraction of sp³-hybridized carbons (Fsp3) is 0.788. The van der Waals surface area contributed by atoms with E-state index < -0.39 is 16.1 Å². The van der Waals surface area contributed by atoms with Crippen molar-refractivity contribution >= 4 is 16.1 Å². The van der Waals surface area contributed by atoms with Crippen LogP contribution in [0.15, 0.2) is 35.2 Å². The third kappa shape index (κ3) is 20.6. The standard InChI is InChI=1S/C33H58O4S/c1-2-3-4-5-6-7-8-9-10-11-12-13-14-15-16-17-18-19-20-21-22-23-24-28-31-33(34)37-38(35,36)32-29-26-25-27-30-32/h25-27,29-30H,2-24,28,31H2,1H3. The number of hydrogen-bond donors (Lipinski definition) is 0. The summed E-state index contributed by atoms with van der Waals surface area (Å²) in [6.07, 6.45) is 32.1. The molecular formula is C33H58O4S. The molecule has 0 aliphatic rings. The summed E-state index contributed by atoms with van der Waals surface area (Å²) >= 11 is 0. The van der Waals surface area contributed by atoms with Crippen LogP contribution in [0.1, 0.15) is 167 Å². The summed E-state index contributed by atoms with van der Waals surface area (Å²) in [5, 5.41) is 0. The van der Waals surface area contributed by atoms with Crippen LogP contribution in [0.5, 0.6) is 0 Å². The summed E-state index contributed by atoms with van der Waals surface area (Å²) in [7, 11) is -3.99. The summed E-state index contributed by atoms with van der Waals surface area (Å²) in [5.74, 6) is -0.660. The molecule has 0 aromatic heterocycles. The van der Waals surface area contributed by atoms with E-state index in [1.807, 2.05) is 0 Å². The first kappa shape index (κ1) is 34.7. The normalized spacial score (nSPS) is 11.6. The van der Waals surface area contributed by atoms with Crippen LogP contribution in [0.25, 0.3) is 0 Å². The predicted molar refractivity (Wildman–Crippen MR) is 161 cm³/mol. The maximum absolute atomic E-state index is 12.0. The van der Waals surface area contributed by atoms with Gasteiger partial charge in [-0.05, 0) is 18.6 Å². The summed E-state index contributed by atoms with van der Waals surface area (Å²) in [6.45, 7) is 2.29. The van der Waals surface area contributed by atoms with Crippen LogP contribution in [0.3, 0.4) is 0 Å². The van der Waals surface area contributed by atoms with E-state index in [0.29, 0.717) is 6.42 Å². The molecule has 5 heteroatoms. The molecule has 1 rings (SSSR count). The fourth-order valence-electron chi connectivity index (χ4n) is 5.03. The van der Waals surface area contributed by atoms with E-state index in [2.05, 4.69) is 6.92 Å². The molecular weight excluding hydrogens is 492 g/mol. The molecule has 0 bridgehead atoms. The van der Waals surface area contributed by atoms with Gasteiger partial charge in [-0.15, -0.1) is 0 Å². The largest absolute Gasteiger partial charge is 0.342 e. The summed E-state index contributed by atoms with van der Waals surface area (Å²) in [4.78, 5) is 11.9. The molecule has 0 unspecified atom stereocenters. The summed E-state index contributed by atoms with van der Waals surface area (Å²) < 4.78 is 28.8. The Balaban J connectivity index is 1.76. The molecule has 0 radical (unpaired) electrons. The van der Waals surface area contributed by atoms with Gasteiger partial charge < -0.3 is 4.18 Å². The van der Waals surface area contributed by atoms with Crippen molar-refractivity contribution in [2.45, 2.75) is 172 Å². The van der Waals surface area contributed by atoms with Gasteiger partial charge in [0, 0.05) is 6.42 Å². The molecule has 220 valence electrons. The SMILES string of the molecule is CCCCCCCCCCCCCCCCCCCCCCCCCCC(=O)OS(=O)(=O)c1ccccc1. The molecule has 38 heavy (non-hydrogen) atoms. The molecule has 1 aromatic carbocycles. The molecule has 4 nitrogen and oxygen atoms in total. The van der Waals surface area contributed by atoms with E-state index >= 15 is 0 Å². The zero-order valence-corrected chi connectivity index (χ0v) is 25.4. The molecule has 0 amide bonds. The van der Waals surface area contributed by atoms with Crippen LogP contribution >= 0.6 is 0 Å². The van der Waals surface area contributed by atoms with Gasteiger partial charge in [-0.25, -0.2) is 0 Å². The van der Waals surface area contributed by atoms with E-state index in [9.17, 15) is 13.2 Å². The molecule has 0 atom stereocenters. The average Bonchev–Trinajstić information content (AvgIpc) is 2.91. The van der Waals surface area contributed by atoms with Gasteiger partial charge in [0.05, 0.1) is 0 Å². The highest BCUT2D eigenvalue weighted by Gasteiger charge is 2.19. The first-order chi connectivity index (χ1) is 18.6. The third-order valence-electron chi connectivity index (χ3n) is 7.47. The second-order valence-corrected chi connectivity index (χ2v) is 12.7. The van der Waals surface area contributed by atoms with Crippen molar-refractivity contribution in [3.05, 3.63) is 30.3 Å². The number of carbonyl (C=O) groups excluding carboxylic acids is 1. The van der Waals surface area contributed by atoms with E-state index in [1.54, 1.807) is 18.2 Å². The van der Waals surface area contributed by atoms with Crippen molar-refractivity contribution in [2.24, 2.45) is 0 Å². The Morgan fingerprint density at radius 2 is 0.842 bits per heavy atom. The zero-order chi connectivity index (χ0) is 27.6. The van der Waals surface area contributed by atoms with Gasteiger partial charge in [0.25, 0.3) is 0 Å². The van der Waals surface area contributed by atoms with Crippen molar-refractivity contribution in [3.63, 3.8) is 0 Å². The quantitative estimate of drug-likeness (QED) is 0.0807. The van der Waals surface area contributed by atoms with E-state index in [-0.39, 0.29) is 11.3 Å². The Hall–Kier alpha value is -1.36. The molecule has 0 saturated carbocycles. The summed E-state index contributed by atoms with van der Waals surface area (Å²) in [6, 6.07) is 7.82. The minimum absolute atomic E-state index is 0.0212. The molecule has 0 heterocycles. The lowest BCUT2D eigenvalue weighted by molar-refractivity contribution is -0.133. The highest BCUT2D eigenvalue weighted by molar-refractivity contribution is 7.87. The molecule has 0 aliphatic heterocycles. The van der Waals surface area contributed by atoms with Gasteiger partial charge in [-0.1, -0.05) is 173 Å². The Morgan fingerprint density at radius 1 is 0.526 bits per heavy atom. The van der Waals surface area contributed by atoms with Crippen molar-refractivity contribution < 1.29 is 17.4 Å². The van der Waals surface area contributed by atoms with E-state index in [0.717, 1.165) is 12.8 Å². The second kappa shape index (κ2) is 24.7. The Bertz CT molecular complexity index is 760. The molecule has 0 fully saturated rings. The average molecular weight is 551 g/mol. The lowest BCUT2D eigenvalue weighted by Gasteiger charge is -2.06. The fourth-order valence-corrected chi connectivity index (χ4v) is 5.95. The van der Waals surface area contributed by atoms with Crippen LogP contribution in [0.2, 0.25) is 0 Å². The lowest BCUT2D eigenvalue weighted by atomic mass is 10.0. The van der Waals surface area contributed by atoms with Crippen molar-refractivity contribution in [3.8, 4) is 0 Å². The van der Waals surface area contributed by atoms with Crippen LogP contribution in [0, 0.1) is 0 Å². The van der Waals surface area contributed by atoms with Gasteiger partial charge in [0.2, 0.25) is 0 Å². The molecule has 0 N–H and O–H groups in total. The van der Waals surface area contributed by atoms with Crippen LogP contribution in [0.4, 0.5) is 0 Å². The number of rotatable bonds is 27. The van der Waals surface area contributed by atoms with E-state index in [1.165, 1.54) is 147 Å². The Labute approximate surface area is 235 Å². The number of unbranched alkanes of at least 4 members (excludes halogenated alkanes) is 23. The topological polar surface area (TPSA) is 60.4 Å². The van der Waals surface area contributed by atoms with Gasteiger partial charge >= 0.3 is 16.1 Å². The maximum Gasteiger partial charge on any atom is 0.341 e. The Kier molecular flexibility index (Phi) is 22.5. The van der Waals surface area contributed by atoms with Crippen LogP contribution < -0.4 is 0 Å². The molecule has 0 spiro atoms. The highest BCUT2D eigenvalue weighted by Crippen LogP contribution is 2.17. The van der Waals surface area contributed by atoms with E-state index in [4.69, 9.17) is 4.18 Å². The third-order valence-corrected chi connectivity index (χ3v) is 8.72. The van der Waals surface area contributed by atoms with Crippen LogP contribution in [-0.2, 0) is 19.1 Å². The summed E-state index contributed by atoms with van der Waals surface area (Å²) in [5.41, 5.74) is 0. The zero-order valence-electron chi connectivity index (χ0n) is 24.6. The Morgan fingerprint density at radius 3 is 1.18 bits per heavy atom. The lowest BCUT2D eigenvalue weighted by Crippen LogP contribution is -2.13. The smallest absolute Gasteiger partial charge is 0.341 e. The van der Waals surface area contributed by atoms with Crippen LogP contribution in [-0.4, -0.2) is 14.4 Å². The second-order valence-electron chi connectivity index (χ2n) is 11.1. The van der Waals surface area contributed by atoms with Gasteiger partial charge in [-0.3, -0.25) is 4.79 Å². The molecule has 0 aliphatic carbocycles. The predicted octanol–water partition coefficient (Wildman–Crippen LogP) is 10.7. The number of benzene rings is 1. The minimum atomic E-state index is -3.99. The van der Waals surface area contributed by atoms with Crippen molar-refractivity contribution in [1.29, 1.82) is 0 Å². The first-order valence-electron chi connectivity index (χ1n) is 16.1. The maximum atomic E-state index is 12.0. The van der Waals surface area contributed by atoms with Crippen molar-refractivity contribution in [2.75, 3.05) is 0 Å². The molecule has 0 saturated heterocycles. The highest BCUT2D eigenvalue weighted by atomic mass is 32.2. The first-order valence-corrected chi connectivity index (χ1v) is 17.5. The number of carbonyl (C=O) groups is 1. The van der Waals surface area contributed by atoms with Gasteiger partial charge in [0.1, 0.15) is 4.90 Å². The van der Waals surface area contributed by atoms with Gasteiger partial charge in [0.15, 0.2) is 0 Å².